The van der Waals surface area contributed by atoms with Gasteiger partial charge < -0.3 is 14.2 Å². The molecule has 5 nitrogen and oxygen atoms in total. The number of hydrogen-bond acceptors (Lipinski definition) is 4. The summed E-state index contributed by atoms with van der Waals surface area (Å²) in [5, 5.41) is 0.731. The molecule has 1 aliphatic heterocycles. The van der Waals surface area contributed by atoms with Crippen molar-refractivity contribution in [3.8, 4) is 11.3 Å². The van der Waals surface area contributed by atoms with E-state index in [0.29, 0.717) is 31.8 Å². The van der Waals surface area contributed by atoms with Crippen LogP contribution < -0.4 is 4.90 Å². The van der Waals surface area contributed by atoms with Crippen LogP contribution in [0, 0.1) is 0 Å². The molecule has 1 amide bonds. The minimum absolute atomic E-state index is 0.138. The van der Waals surface area contributed by atoms with Crippen molar-refractivity contribution in [2.75, 3.05) is 31.1 Å². The van der Waals surface area contributed by atoms with E-state index in [-0.39, 0.29) is 5.91 Å². The van der Waals surface area contributed by atoms with E-state index < -0.39 is 0 Å². The largest absolute Gasteiger partial charge is 0.441 e. The lowest BCUT2D eigenvalue weighted by atomic mass is 10.2. The van der Waals surface area contributed by atoms with Crippen LogP contribution in [0.4, 0.5) is 5.69 Å². The third-order valence-corrected chi connectivity index (χ3v) is 5.80. The molecule has 1 aliphatic rings. The molecule has 3 aromatic rings. The fourth-order valence-corrected chi connectivity index (χ4v) is 3.88. The predicted molar refractivity (Wildman–Crippen MR) is 118 cm³/mol. The number of carbonyl (C=O) groups is 1. The number of oxazole rings is 1. The van der Waals surface area contributed by atoms with Crippen molar-refractivity contribution in [3.63, 3.8) is 0 Å². The molecule has 1 saturated heterocycles. The first-order valence-corrected chi connectivity index (χ1v) is 10.7. The Labute approximate surface area is 183 Å². The van der Waals surface area contributed by atoms with Gasteiger partial charge in [-0.3, -0.25) is 4.79 Å². The summed E-state index contributed by atoms with van der Waals surface area (Å²) in [6.45, 7) is 3.03. The maximum Gasteiger partial charge on any atom is 0.223 e. The predicted octanol–water partition coefficient (Wildman–Crippen LogP) is 5.04. The molecule has 0 radical (unpaired) electrons. The number of benzene rings is 2. The Morgan fingerprint density at radius 1 is 1.10 bits per heavy atom. The molecule has 29 heavy (non-hydrogen) atoms. The van der Waals surface area contributed by atoms with Gasteiger partial charge in [-0.1, -0.05) is 45.7 Å². The Bertz CT molecular complexity index is 982. The topological polar surface area (TPSA) is 49.6 Å². The van der Waals surface area contributed by atoms with Crippen LogP contribution in [-0.2, 0) is 11.2 Å². The van der Waals surface area contributed by atoms with Gasteiger partial charge in [0.25, 0.3) is 0 Å². The van der Waals surface area contributed by atoms with Gasteiger partial charge in [0.2, 0.25) is 5.91 Å². The number of aryl methyl sites for hydroxylation is 1. The van der Waals surface area contributed by atoms with Gasteiger partial charge in [-0.05, 0) is 30.3 Å². The highest BCUT2D eigenvalue weighted by atomic mass is 79.9. The molecule has 7 heteroatoms. The minimum Gasteiger partial charge on any atom is -0.441 e. The van der Waals surface area contributed by atoms with E-state index >= 15 is 0 Å². The lowest BCUT2D eigenvalue weighted by Crippen LogP contribution is -2.48. The standard InChI is InChI=1S/C22H21BrClN3O2/c23-17-6-4-16(5-7-17)20-15-25-21(29-20)8-9-22(28)27-12-10-26(11-13-27)19-3-1-2-18(24)14-19/h1-7,14-15H,8-13H2. The molecule has 2 aromatic carbocycles. The second-order valence-corrected chi connectivity index (χ2v) is 8.32. The molecule has 0 spiro atoms. The van der Waals surface area contributed by atoms with Crippen molar-refractivity contribution in [1.82, 2.24) is 9.88 Å². The van der Waals surface area contributed by atoms with Crippen LogP contribution in [0.15, 0.2) is 63.6 Å². The van der Waals surface area contributed by atoms with Crippen LogP contribution in [0.5, 0.6) is 0 Å². The van der Waals surface area contributed by atoms with Crippen molar-refractivity contribution in [3.05, 3.63) is 70.1 Å². The van der Waals surface area contributed by atoms with Crippen LogP contribution in [-0.4, -0.2) is 42.0 Å². The molecule has 0 atom stereocenters. The first-order valence-electron chi connectivity index (χ1n) is 9.57. The van der Waals surface area contributed by atoms with Crippen LogP contribution in [0.2, 0.25) is 5.02 Å². The van der Waals surface area contributed by atoms with Crippen molar-refractivity contribution in [2.24, 2.45) is 0 Å². The monoisotopic (exact) mass is 473 g/mol. The zero-order valence-electron chi connectivity index (χ0n) is 15.9. The summed E-state index contributed by atoms with van der Waals surface area (Å²) in [5.74, 6) is 1.45. The SMILES string of the molecule is O=C(CCc1ncc(-c2ccc(Br)cc2)o1)N1CCN(c2cccc(Cl)c2)CC1. The molecule has 0 N–H and O–H groups in total. The van der Waals surface area contributed by atoms with Gasteiger partial charge >= 0.3 is 0 Å². The van der Waals surface area contributed by atoms with Gasteiger partial charge in [-0.2, -0.15) is 0 Å². The van der Waals surface area contributed by atoms with Crippen LogP contribution in [0.25, 0.3) is 11.3 Å². The Morgan fingerprint density at radius 3 is 2.59 bits per heavy atom. The highest BCUT2D eigenvalue weighted by Crippen LogP contribution is 2.24. The van der Waals surface area contributed by atoms with E-state index in [1.54, 1.807) is 6.20 Å². The Balaban J connectivity index is 1.28. The van der Waals surface area contributed by atoms with Gasteiger partial charge in [0.15, 0.2) is 11.7 Å². The number of amides is 1. The van der Waals surface area contributed by atoms with Gasteiger partial charge in [0.05, 0.1) is 6.20 Å². The molecule has 0 bridgehead atoms. The highest BCUT2D eigenvalue weighted by molar-refractivity contribution is 9.10. The van der Waals surface area contributed by atoms with Gasteiger partial charge in [0, 0.05) is 59.8 Å². The van der Waals surface area contributed by atoms with E-state index in [1.807, 2.05) is 47.4 Å². The number of piperazine rings is 1. The number of aromatic nitrogens is 1. The summed E-state index contributed by atoms with van der Waals surface area (Å²) in [5.41, 5.74) is 2.07. The zero-order chi connectivity index (χ0) is 20.2. The maximum atomic E-state index is 12.6. The number of rotatable bonds is 5. The Kier molecular flexibility index (Phi) is 6.21. The molecule has 1 aromatic heterocycles. The molecular formula is C22H21BrClN3O2. The molecule has 0 unspecified atom stereocenters. The summed E-state index contributed by atoms with van der Waals surface area (Å²) in [4.78, 5) is 21.1. The number of nitrogens with zero attached hydrogens (tertiary/aromatic N) is 3. The quantitative estimate of drug-likeness (QED) is 0.520. The lowest BCUT2D eigenvalue weighted by molar-refractivity contribution is -0.131. The van der Waals surface area contributed by atoms with Crippen LogP contribution in [0.1, 0.15) is 12.3 Å². The van der Waals surface area contributed by atoms with E-state index in [1.165, 1.54) is 0 Å². The fourth-order valence-electron chi connectivity index (χ4n) is 3.43. The molecule has 4 rings (SSSR count). The van der Waals surface area contributed by atoms with E-state index in [0.717, 1.165) is 39.6 Å². The second-order valence-electron chi connectivity index (χ2n) is 6.97. The van der Waals surface area contributed by atoms with E-state index in [2.05, 4.69) is 31.9 Å². The summed E-state index contributed by atoms with van der Waals surface area (Å²) in [7, 11) is 0. The summed E-state index contributed by atoms with van der Waals surface area (Å²) in [6, 6.07) is 15.7. The first-order chi connectivity index (χ1) is 14.1. The summed E-state index contributed by atoms with van der Waals surface area (Å²) < 4.78 is 6.83. The van der Waals surface area contributed by atoms with Gasteiger partial charge in [-0.15, -0.1) is 0 Å². The zero-order valence-corrected chi connectivity index (χ0v) is 18.2. The average molecular weight is 475 g/mol. The average Bonchev–Trinajstić information content (AvgIpc) is 3.22. The molecular weight excluding hydrogens is 454 g/mol. The fraction of sp³-hybridized carbons (Fsp3) is 0.273. The Morgan fingerprint density at radius 2 is 1.86 bits per heavy atom. The Hall–Kier alpha value is -2.31. The van der Waals surface area contributed by atoms with E-state index in [4.69, 9.17) is 16.0 Å². The molecule has 0 saturated carbocycles. The van der Waals surface area contributed by atoms with Crippen LogP contribution in [0.3, 0.4) is 0 Å². The summed E-state index contributed by atoms with van der Waals surface area (Å²) in [6.07, 6.45) is 2.62. The second kappa shape index (κ2) is 9.01. The number of hydrogen-bond donors (Lipinski definition) is 0. The smallest absolute Gasteiger partial charge is 0.223 e. The van der Waals surface area contributed by atoms with Crippen molar-refractivity contribution in [1.29, 1.82) is 0 Å². The molecule has 150 valence electrons. The third-order valence-electron chi connectivity index (χ3n) is 5.04. The summed E-state index contributed by atoms with van der Waals surface area (Å²) >= 11 is 9.51. The number of carbonyl (C=O) groups excluding carboxylic acids is 1. The van der Waals surface area contributed by atoms with Crippen molar-refractivity contribution in [2.45, 2.75) is 12.8 Å². The minimum atomic E-state index is 0.138. The van der Waals surface area contributed by atoms with E-state index in [9.17, 15) is 4.79 Å². The third kappa shape index (κ3) is 5.00. The van der Waals surface area contributed by atoms with Crippen molar-refractivity contribution >= 4 is 39.1 Å². The molecule has 0 aliphatic carbocycles. The molecule has 1 fully saturated rings. The normalized spacial score (nSPS) is 14.3. The van der Waals surface area contributed by atoms with Gasteiger partial charge in [0.1, 0.15) is 0 Å². The van der Waals surface area contributed by atoms with Crippen molar-refractivity contribution < 1.29 is 9.21 Å². The first kappa shape index (κ1) is 20.0. The maximum absolute atomic E-state index is 12.6. The number of halogens is 2. The highest BCUT2D eigenvalue weighted by Gasteiger charge is 2.21. The lowest BCUT2D eigenvalue weighted by Gasteiger charge is -2.36. The number of anilines is 1. The van der Waals surface area contributed by atoms with Gasteiger partial charge in [-0.25, -0.2) is 4.98 Å². The molecule has 2 heterocycles. The van der Waals surface area contributed by atoms with Crippen LogP contribution >= 0.6 is 27.5 Å².